The van der Waals surface area contributed by atoms with E-state index in [0.717, 1.165) is 16.9 Å². The normalized spacial score (nSPS) is 11.5. The first kappa shape index (κ1) is 20.6. The number of methoxy groups -OCH3 is 1. The number of aromatic carboxylic acids is 1. The van der Waals surface area contributed by atoms with E-state index in [9.17, 15) is 13.2 Å². The lowest BCUT2D eigenvalue weighted by atomic mass is 10.2. The number of hydrogen-bond acceptors (Lipinski definition) is 7. The SMILES string of the molecule is COc1cc(/C=C/c2ncc(C(=O)O)s2)ccc1OS(=O)(=O)c1ccc(C)cc1. The number of carboxylic acids is 1. The lowest BCUT2D eigenvalue weighted by molar-refractivity contribution is 0.0702. The van der Waals surface area contributed by atoms with Crippen LogP contribution in [-0.4, -0.2) is 31.6 Å². The highest BCUT2D eigenvalue weighted by Crippen LogP contribution is 2.31. The van der Waals surface area contributed by atoms with Gasteiger partial charge in [-0.1, -0.05) is 29.8 Å². The van der Waals surface area contributed by atoms with Gasteiger partial charge in [0.15, 0.2) is 11.5 Å². The Morgan fingerprint density at radius 1 is 1.10 bits per heavy atom. The lowest BCUT2D eigenvalue weighted by Crippen LogP contribution is -2.10. The number of aryl methyl sites for hydroxylation is 1. The van der Waals surface area contributed by atoms with E-state index < -0.39 is 16.1 Å². The first-order chi connectivity index (χ1) is 13.8. The Bertz CT molecular complexity index is 1160. The van der Waals surface area contributed by atoms with Crippen LogP contribution < -0.4 is 8.92 Å². The highest BCUT2D eigenvalue weighted by atomic mass is 32.2. The molecule has 0 unspecified atom stereocenters. The quantitative estimate of drug-likeness (QED) is 0.562. The average molecular weight is 431 g/mol. The minimum atomic E-state index is -4.00. The van der Waals surface area contributed by atoms with Gasteiger partial charge in [0, 0.05) is 0 Å². The number of thiazole rings is 1. The zero-order chi connectivity index (χ0) is 21.0. The fourth-order valence-electron chi connectivity index (χ4n) is 2.36. The number of carbonyl (C=O) groups is 1. The molecule has 9 heteroatoms. The summed E-state index contributed by atoms with van der Waals surface area (Å²) >= 11 is 1.05. The van der Waals surface area contributed by atoms with Crippen LogP contribution in [0.1, 0.15) is 25.8 Å². The van der Waals surface area contributed by atoms with Gasteiger partial charge in [0.25, 0.3) is 0 Å². The molecule has 0 bridgehead atoms. The minimum absolute atomic E-state index is 0.0483. The molecule has 1 N–H and O–H groups in total. The number of ether oxygens (including phenoxy) is 1. The number of carboxylic acid groups (broad SMARTS) is 1. The Morgan fingerprint density at radius 3 is 2.45 bits per heavy atom. The number of nitrogens with zero attached hydrogens (tertiary/aromatic N) is 1. The second-order valence-electron chi connectivity index (χ2n) is 5.96. The van der Waals surface area contributed by atoms with Gasteiger partial charge in [0.2, 0.25) is 0 Å². The van der Waals surface area contributed by atoms with Crippen LogP contribution >= 0.6 is 11.3 Å². The third kappa shape index (κ3) is 5.01. The summed E-state index contributed by atoms with van der Waals surface area (Å²) in [6.45, 7) is 1.86. The summed E-state index contributed by atoms with van der Waals surface area (Å²) in [6, 6.07) is 11.1. The van der Waals surface area contributed by atoms with E-state index in [0.29, 0.717) is 10.6 Å². The Balaban J connectivity index is 1.82. The van der Waals surface area contributed by atoms with Crippen molar-refractivity contribution in [3.63, 3.8) is 0 Å². The van der Waals surface area contributed by atoms with E-state index in [2.05, 4.69) is 4.98 Å². The van der Waals surface area contributed by atoms with Gasteiger partial charge in [-0.25, -0.2) is 9.78 Å². The van der Waals surface area contributed by atoms with Crippen LogP contribution in [0.5, 0.6) is 11.5 Å². The number of hydrogen-bond donors (Lipinski definition) is 1. The van der Waals surface area contributed by atoms with E-state index in [1.807, 2.05) is 6.92 Å². The number of aromatic nitrogens is 1. The molecular weight excluding hydrogens is 414 g/mol. The molecule has 29 heavy (non-hydrogen) atoms. The van der Waals surface area contributed by atoms with Crippen molar-refractivity contribution in [2.24, 2.45) is 0 Å². The van der Waals surface area contributed by atoms with E-state index in [-0.39, 0.29) is 21.3 Å². The molecule has 0 aliphatic heterocycles. The largest absolute Gasteiger partial charge is 0.493 e. The third-order valence-electron chi connectivity index (χ3n) is 3.85. The zero-order valence-electron chi connectivity index (χ0n) is 15.5. The second-order valence-corrected chi connectivity index (χ2v) is 8.57. The minimum Gasteiger partial charge on any atom is -0.493 e. The van der Waals surface area contributed by atoms with Gasteiger partial charge in [0.05, 0.1) is 13.3 Å². The summed E-state index contributed by atoms with van der Waals surface area (Å²) < 4.78 is 35.5. The van der Waals surface area contributed by atoms with Crippen LogP contribution in [-0.2, 0) is 10.1 Å². The van der Waals surface area contributed by atoms with E-state index >= 15 is 0 Å². The summed E-state index contributed by atoms with van der Waals surface area (Å²) in [5, 5.41) is 9.47. The van der Waals surface area contributed by atoms with Crippen molar-refractivity contribution < 1.29 is 27.2 Å². The highest BCUT2D eigenvalue weighted by Gasteiger charge is 2.19. The molecule has 0 amide bonds. The molecule has 150 valence electrons. The fraction of sp³-hybridized carbons (Fsp3) is 0.100. The molecule has 0 spiro atoms. The molecule has 0 saturated heterocycles. The molecule has 0 atom stereocenters. The van der Waals surface area contributed by atoms with Crippen molar-refractivity contribution in [2.75, 3.05) is 7.11 Å². The van der Waals surface area contributed by atoms with Crippen LogP contribution in [0.2, 0.25) is 0 Å². The molecule has 3 rings (SSSR count). The van der Waals surface area contributed by atoms with Crippen LogP contribution in [0.15, 0.2) is 53.6 Å². The van der Waals surface area contributed by atoms with Crippen molar-refractivity contribution in [3.05, 3.63) is 69.7 Å². The Labute approximate surface area is 172 Å². The molecule has 1 heterocycles. The Morgan fingerprint density at radius 2 is 1.83 bits per heavy atom. The van der Waals surface area contributed by atoms with Crippen molar-refractivity contribution in [1.29, 1.82) is 0 Å². The first-order valence-electron chi connectivity index (χ1n) is 8.35. The molecule has 0 radical (unpaired) electrons. The van der Waals surface area contributed by atoms with Gasteiger partial charge in [0.1, 0.15) is 14.8 Å². The summed E-state index contributed by atoms with van der Waals surface area (Å²) in [6.07, 6.45) is 4.67. The summed E-state index contributed by atoms with van der Waals surface area (Å²) in [7, 11) is -2.59. The fourth-order valence-corrected chi connectivity index (χ4v) is 3.96. The molecule has 7 nitrogen and oxygen atoms in total. The van der Waals surface area contributed by atoms with E-state index in [4.69, 9.17) is 14.0 Å². The Kier molecular flexibility index (Phi) is 6.00. The lowest BCUT2D eigenvalue weighted by Gasteiger charge is -2.11. The summed E-state index contributed by atoms with van der Waals surface area (Å²) in [4.78, 5) is 15.1. The predicted molar refractivity (Wildman–Crippen MR) is 110 cm³/mol. The molecular formula is C20H17NO6S2. The van der Waals surface area contributed by atoms with Crippen LogP contribution in [0.3, 0.4) is 0 Å². The van der Waals surface area contributed by atoms with Gasteiger partial charge in [-0.3, -0.25) is 0 Å². The molecule has 0 saturated carbocycles. The first-order valence-corrected chi connectivity index (χ1v) is 10.6. The third-order valence-corrected chi connectivity index (χ3v) is 6.05. The van der Waals surface area contributed by atoms with Crippen LogP contribution in [0.4, 0.5) is 0 Å². The highest BCUT2D eigenvalue weighted by molar-refractivity contribution is 7.87. The second kappa shape index (κ2) is 8.46. The maximum absolute atomic E-state index is 12.5. The maximum atomic E-state index is 12.5. The molecule has 2 aromatic carbocycles. The van der Waals surface area contributed by atoms with Crippen molar-refractivity contribution >= 4 is 39.6 Å². The molecule has 3 aromatic rings. The van der Waals surface area contributed by atoms with Crippen molar-refractivity contribution in [1.82, 2.24) is 4.98 Å². The summed E-state index contributed by atoms with van der Waals surface area (Å²) in [5.74, 6) is -0.721. The van der Waals surface area contributed by atoms with Gasteiger partial charge in [-0.15, -0.1) is 11.3 Å². The zero-order valence-corrected chi connectivity index (χ0v) is 17.2. The molecule has 0 fully saturated rings. The number of benzene rings is 2. The standard InChI is InChI=1S/C20H17NO6S2/c1-13-3-7-15(8-4-13)29(24,25)27-16-9-5-14(11-17(16)26-2)6-10-19-21-12-18(28-19)20(22)23/h3-12H,1-2H3,(H,22,23)/b10-6+. The van der Waals surface area contributed by atoms with E-state index in [1.165, 1.54) is 31.5 Å². The van der Waals surface area contributed by atoms with Gasteiger partial charge in [-0.05, 0) is 42.8 Å². The van der Waals surface area contributed by atoms with Gasteiger partial charge in [-0.2, -0.15) is 8.42 Å². The van der Waals surface area contributed by atoms with Gasteiger partial charge < -0.3 is 14.0 Å². The van der Waals surface area contributed by atoms with Gasteiger partial charge >= 0.3 is 16.1 Å². The molecule has 1 aromatic heterocycles. The Hall–Kier alpha value is -3.17. The summed E-state index contributed by atoms with van der Waals surface area (Å²) in [5.41, 5.74) is 1.64. The predicted octanol–water partition coefficient (Wildman–Crippen LogP) is 4.10. The monoisotopic (exact) mass is 431 g/mol. The smallest absolute Gasteiger partial charge is 0.347 e. The van der Waals surface area contributed by atoms with Crippen molar-refractivity contribution in [3.8, 4) is 11.5 Å². The maximum Gasteiger partial charge on any atom is 0.347 e. The van der Waals surface area contributed by atoms with Crippen LogP contribution in [0.25, 0.3) is 12.2 Å². The topological polar surface area (TPSA) is 103 Å². The van der Waals surface area contributed by atoms with Crippen LogP contribution in [0, 0.1) is 6.92 Å². The van der Waals surface area contributed by atoms with Crippen molar-refractivity contribution in [2.45, 2.75) is 11.8 Å². The number of rotatable bonds is 7. The molecule has 0 aliphatic rings. The van der Waals surface area contributed by atoms with E-state index in [1.54, 1.807) is 36.4 Å². The average Bonchev–Trinajstić information content (AvgIpc) is 3.17. The molecule has 0 aliphatic carbocycles.